The number of ether oxygens (including phenoxy) is 1. The Balaban J connectivity index is 0.000000174. The molecule has 0 atom stereocenters. The third-order valence-electron chi connectivity index (χ3n) is 9.48. The molecule has 0 aliphatic heterocycles. The van der Waals surface area contributed by atoms with E-state index in [1.807, 2.05) is 42.8 Å². The monoisotopic (exact) mass is 792 g/mol. The van der Waals surface area contributed by atoms with E-state index in [2.05, 4.69) is 120 Å². The number of aromatic carboxylic acids is 1. The van der Waals surface area contributed by atoms with E-state index in [-0.39, 0.29) is 5.69 Å². The molecule has 0 amide bonds. The SMILES string of the molecule is COC(=O)c1nc(SC)ncc1Cc1ccc2c(ccn2Cc2ccccc2)c1.CSc1ncc(Cc2ccc3c(ccn3Cc3ccccc3)c2)c(C(=O)O)n1. The fourth-order valence-corrected chi connectivity index (χ4v) is 7.37. The van der Waals surface area contributed by atoms with Crippen molar-refractivity contribution in [1.82, 2.24) is 29.1 Å². The van der Waals surface area contributed by atoms with Crippen molar-refractivity contribution in [2.75, 3.05) is 19.6 Å². The predicted molar refractivity (Wildman–Crippen MR) is 227 cm³/mol. The summed E-state index contributed by atoms with van der Waals surface area (Å²) in [6.07, 6.45) is 12.3. The Bertz CT molecular complexity index is 2660. The first-order valence-electron chi connectivity index (χ1n) is 18.2. The molecule has 0 fully saturated rings. The van der Waals surface area contributed by atoms with Crippen LogP contribution in [0.4, 0.5) is 0 Å². The van der Waals surface area contributed by atoms with E-state index in [4.69, 9.17) is 4.74 Å². The Kier molecular flexibility index (Phi) is 12.4. The molecule has 57 heavy (non-hydrogen) atoms. The number of rotatable bonds is 12. The fourth-order valence-electron chi connectivity index (χ4n) is 6.69. The van der Waals surface area contributed by atoms with Crippen molar-refractivity contribution in [3.63, 3.8) is 0 Å². The molecule has 8 aromatic rings. The lowest BCUT2D eigenvalue weighted by Crippen LogP contribution is -2.11. The number of carbonyl (C=O) groups excluding carboxylic acids is 1. The molecule has 1 N–H and O–H groups in total. The highest BCUT2D eigenvalue weighted by atomic mass is 32.2. The van der Waals surface area contributed by atoms with Crippen LogP contribution in [0.5, 0.6) is 0 Å². The van der Waals surface area contributed by atoms with Crippen LogP contribution in [0.1, 0.15) is 54.4 Å². The summed E-state index contributed by atoms with van der Waals surface area (Å²) in [5.74, 6) is -1.46. The molecule has 0 spiro atoms. The van der Waals surface area contributed by atoms with Crippen LogP contribution in [0.25, 0.3) is 21.8 Å². The summed E-state index contributed by atoms with van der Waals surface area (Å²) >= 11 is 2.73. The lowest BCUT2D eigenvalue weighted by molar-refractivity contribution is 0.0590. The van der Waals surface area contributed by atoms with Gasteiger partial charge in [0.05, 0.1) is 7.11 Å². The number of nitrogens with zero attached hydrogens (tertiary/aromatic N) is 6. The summed E-state index contributed by atoms with van der Waals surface area (Å²) in [6.45, 7) is 1.65. The first kappa shape index (κ1) is 39.0. The van der Waals surface area contributed by atoms with E-state index >= 15 is 0 Å². The lowest BCUT2D eigenvalue weighted by Gasteiger charge is -2.09. The van der Waals surface area contributed by atoms with Crippen LogP contribution in [0.15, 0.2) is 144 Å². The maximum atomic E-state index is 12.2. The second-order valence-corrected chi connectivity index (χ2v) is 14.8. The minimum absolute atomic E-state index is 0.0705. The molecular formula is C45H40N6O4S2. The van der Waals surface area contributed by atoms with E-state index < -0.39 is 11.9 Å². The molecule has 0 aliphatic rings. The lowest BCUT2D eigenvalue weighted by atomic mass is 10.0. The number of esters is 1. The van der Waals surface area contributed by atoms with Gasteiger partial charge in [0.15, 0.2) is 21.7 Å². The molecule has 286 valence electrons. The molecule has 0 saturated heterocycles. The number of hydrogen-bond donors (Lipinski definition) is 1. The van der Waals surface area contributed by atoms with E-state index in [1.54, 1.807) is 12.4 Å². The van der Waals surface area contributed by atoms with Crippen molar-refractivity contribution in [2.24, 2.45) is 0 Å². The average Bonchev–Trinajstić information content (AvgIpc) is 3.84. The van der Waals surface area contributed by atoms with Gasteiger partial charge in [-0.3, -0.25) is 0 Å². The summed E-state index contributed by atoms with van der Waals surface area (Å²) in [4.78, 5) is 40.8. The number of carbonyl (C=O) groups is 2. The van der Waals surface area contributed by atoms with Gasteiger partial charge in [-0.15, -0.1) is 0 Å². The fraction of sp³-hybridized carbons (Fsp3) is 0.156. The molecule has 0 radical (unpaired) electrons. The van der Waals surface area contributed by atoms with Crippen molar-refractivity contribution < 1.29 is 19.4 Å². The number of fused-ring (bicyclic) bond motifs is 2. The first-order chi connectivity index (χ1) is 27.8. The van der Waals surface area contributed by atoms with Gasteiger partial charge in [0.25, 0.3) is 0 Å². The van der Waals surface area contributed by atoms with Crippen molar-refractivity contribution in [2.45, 2.75) is 36.2 Å². The molecule has 4 aromatic carbocycles. The molecule has 8 rings (SSSR count). The van der Waals surface area contributed by atoms with Gasteiger partial charge in [-0.1, -0.05) is 96.3 Å². The maximum Gasteiger partial charge on any atom is 0.357 e. The first-order valence-corrected chi connectivity index (χ1v) is 20.6. The average molecular weight is 793 g/mol. The number of carboxylic acids is 1. The van der Waals surface area contributed by atoms with E-state index in [1.165, 1.54) is 52.7 Å². The van der Waals surface area contributed by atoms with Gasteiger partial charge in [0.1, 0.15) is 0 Å². The molecule has 0 saturated carbocycles. The number of aromatic nitrogens is 6. The van der Waals surface area contributed by atoms with Crippen LogP contribution < -0.4 is 0 Å². The Morgan fingerprint density at radius 1 is 0.614 bits per heavy atom. The van der Waals surface area contributed by atoms with E-state index in [9.17, 15) is 14.7 Å². The van der Waals surface area contributed by atoms with Gasteiger partial charge in [-0.2, -0.15) is 0 Å². The largest absolute Gasteiger partial charge is 0.476 e. The molecule has 4 aromatic heterocycles. The van der Waals surface area contributed by atoms with Crippen LogP contribution in [0.3, 0.4) is 0 Å². The number of methoxy groups -OCH3 is 1. The third-order valence-corrected chi connectivity index (χ3v) is 10.6. The van der Waals surface area contributed by atoms with Gasteiger partial charge in [-0.05, 0) is 81.9 Å². The molecular weight excluding hydrogens is 753 g/mol. The van der Waals surface area contributed by atoms with Crippen LogP contribution >= 0.6 is 23.5 Å². The number of hydrogen-bond acceptors (Lipinski definition) is 9. The quantitative estimate of drug-likeness (QED) is 0.0728. The van der Waals surface area contributed by atoms with Crippen molar-refractivity contribution >= 4 is 57.3 Å². The molecule has 12 heteroatoms. The highest BCUT2D eigenvalue weighted by Crippen LogP contribution is 2.24. The Hall–Kier alpha value is -6.24. The number of carboxylic acid groups (broad SMARTS) is 1. The van der Waals surface area contributed by atoms with Crippen LogP contribution in [0.2, 0.25) is 0 Å². The Labute approximate surface area is 339 Å². The summed E-state index contributed by atoms with van der Waals surface area (Å²) in [5, 5.41) is 12.8. The molecule has 0 aliphatic carbocycles. The zero-order chi connectivity index (χ0) is 39.7. The van der Waals surface area contributed by atoms with Gasteiger partial charge in [0.2, 0.25) is 0 Å². The highest BCUT2D eigenvalue weighted by molar-refractivity contribution is 7.98. The molecule has 0 bridgehead atoms. The second-order valence-electron chi connectivity index (χ2n) is 13.3. The van der Waals surface area contributed by atoms with Gasteiger partial charge < -0.3 is 19.0 Å². The summed E-state index contributed by atoms with van der Waals surface area (Å²) in [6, 6.07) is 37.6. The summed E-state index contributed by atoms with van der Waals surface area (Å²) in [5.41, 5.74) is 8.76. The normalized spacial score (nSPS) is 11.0. The zero-order valence-corrected chi connectivity index (χ0v) is 33.3. The smallest absolute Gasteiger partial charge is 0.357 e. The molecule has 0 unspecified atom stereocenters. The zero-order valence-electron chi connectivity index (χ0n) is 31.7. The van der Waals surface area contributed by atoms with Gasteiger partial charge in [0, 0.05) is 72.9 Å². The topological polar surface area (TPSA) is 125 Å². The van der Waals surface area contributed by atoms with E-state index in [0.29, 0.717) is 34.4 Å². The Morgan fingerprint density at radius 3 is 1.51 bits per heavy atom. The maximum absolute atomic E-state index is 12.2. The van der Waals surface area contributed by atoms with Gasteiger partial charge >= 0.3 is 11.9 Å². The molecule has 4 heterocycles. The third kappa shape index (κ3) is 9.42. The standard InChI is InChI=1S/C23H21N3O2S.C22H19N3O2S/c1-28-22(27)21-19(14-24-23(25-21)29-2)13-17-8-9-20-18(12-17)10-11-26(20)15-16-6-4-3-5-7-16;1-28-22-23-13-18(20(24-22)21(26)27)12-16-7-8-19-17(11-16)9-10-25(19)14-15-5-3-2-4-6-15/h3-12,14H,13,15H2,1-2H3;2-11,13H,12,14H2,1H3,(H,26,27). The minimum atomic E-state index is -1.03. The second kappa shape index (κ2) is 18.1. The minimum Gasteiger partial charge on any atom is -0.476 e. The van der Waals surface area contributed by atoms with Crippen molar-refractivity contribution in [3.05, 3.63) is 179 Å². The number of benzene rings is 4. The van der Waals surface area contributed by atoms with Crippen LogP contribution in [0, 0.1) is 0 Å². The Morgan fingerprint density at radius 2 is 1.07 bits per heavy atom. The van der Waals surface area contributed by atoms with E-state index in [0.717, 1.165) is 40.7 Å². The molecule has 10 nitrogen and oxygen atoms in total. The predicted octanol–water partition coefficient (Wildman–Crippen LogP) is 9.07. The van der Waals surface area contributed by atoms with Crippen LogP contribution in [-0.2, 0) is 30.7 Å². The summed E-state index contributed by atoms with van der Waals surface area (Å²) in [7, 11) is 1.37. The summed E-state index contributed by atoms with van der Waals surface area (Å²) < 4.78 is 9.36. The van der Waals surface area contributed by atoms with Crippen molar-refractivity contribution in [3.8, 4) is 0 Å². The number of thioether (sulfide) groups is 2. The van der Waals surface area contributed by atoms with Gasteiger partial charge in [-0.25, -0.2) is 29.5 Å². The highest BCUT2D eigenvalue weighted by Gasteiger charge is 2.17. The van der Waals surface area contributed by atoms with Crippen LogP contribution in [-0.4, -0.2) is 65.7 Å². The van der Waals surface area contributed by atoms with Crippen molar-refractivity contribution in [1.29, 1.82) is 0 Å².